The zero-order valence-electron chi connectivity index (χ0n) is 20.3. The number of piperidine rings is 1. The van der Waals surface area contributed by atoms with Crippen LogP contribution in [0.5, 0.6) is 0 Å². The summed E-state index contributed by atoms with van der Waals surface area (Å²) in [4.78, 5) is 40.3. The summed E-state index contributed by atoms with van der Waals surface area (Å²) in [5.41, 5.74) is 3.54. The van der Waals surface area contributed by atoms with Crippen LogP contribution in [-0.4, -0.2) is 58.6 Å². The van der Waals surface area contributed by atoms with E-state index in [1.54, 1.807) is 24.5 Å². The smallest absolute Gasteiger partial charge is 0.475 e. The minimum Gasteiger partial charge on any atom is -0.475 e. The summed E-state index contributed by atoms with van der Waals surface area (Å²) in [6.07, 6.45) is 4.28. The summed E-state index contributed by atoms with van der Waals surface area (Å²) >= 11 is 0. The molecule has 2 heterocycles. The van der Waals surface area contributed by atoms with E-state index in [2.05, 4.69) is 34.6 Å². The molecule has 0 bridgehead atoms. The Balaban J connectivity index is 0.000000405. The van der Waals surface area contributed by atoms with Gasteiger partial charge in [-0.15, -0.1) is 0 Å². The van der Waals surface area contributed by atoms with Gasteiger partial charge in [-0.3, -0.25) is 14.6 Å². The predicted octanol–water partition coefficient (Wildman–Crippen LogP) is 4.29. The second-order valence-electron chi connectivity index (χ2n) is 10.1. The summed E-state index contributed by atoms with van der Waals surface area (Å²) in [7, 11) is 0. The van der Waals surface area contributed by atoms with E-state index >= 15 is 0 Å². The number of pyridine rings is 1. The predicted molar refractivity (Wildman–Crippen MR) is 129 cm³/mol. The number of amides is 2. The number of hydrogen-bond acceptors (Lipinski definition) is 4. The molecular weight excluding hydrogens is 487 g/mol. The number of hydrogen-bond donors (Lipinski definition) is 2. The highest BCUT2D eigenvalue weighted by molar-refractivity contribution is 5.94. The summed E-state index contributed by atoms with van der Waals surface area (Å²) in [5, 5.41) is 10.3. The fourth-order valence-corrected chi connectivity index (χ4v) is 5.37. The van der Waals surface area contributed by atoms with Crippen molar-refractivity contribution in [2.24, 2.45) is 5.92 Å². The molecule has 1 unspecified atom stereocenters. The first kappa shape index (κ1) is 26.6. The third-order valence-electron chi connectivity index (χ3n) is 7.50. The topological polar surface area (TPSA) is 99.6 Å². The Hall–Kier alpha value is -3.43. The molecule has 3 aliphatic rings. The minimum absolute atomic E-state index is 0.0903. The van der Waals surface area contributed by atoms with E-state index in [0.717, 1.165) is 38.9 Å². The zero-order valence-corrected chi connectivity index (χ0v) is 20.3. The number of alkyl halides is 3. The molecule has 1 atom stereocenters. The van der Waals surface area contributed by atoms with Gasteiger partial charge in [-0.1, -0.05) is 24.3 Å². The molecule has 37 heavy (non-hydrogen) atoms. The number of aliphatic carboxylic acids is 1. The maximum absolute atomic E-state index is 12.8. The van der Waals surface area contributed by atoms with Crippen LogP contribution in [0.1, 0.15) is 65.9 Å². The van der Waals surface area contributed by atoms with Crippen molar-refractivity contribution >= 4 is 17.8 Å². The number of likely N-dealkylation sites (tertiary alicyclic amines) is 1. The summed E-state index contributed by atoms with van der Waals surface area (Å²) in [6, 6.07) is 12.2. The average Bonchev–Trinajstić information content (AvgIpc) is 3.68. The molecule has 5 rings (SSSR count). The highest BCUT2D eigenvalue weighted by Gasteiger charge is 2.46. The van der Waals surface area contributed by atoms with E-state index in [1.807, 2.05) is 4.90 Å². The highest BCUT2D eigenvalue weighted by Crippen LogP contribution is 2.52. The monoisotopic (exact) mass is 517 g/mol. The molecule has 2 N–H and O–H groups in total. The van der Waals surface area contributed by atoms with Crippen LogP contribution in [-0.2, 0) is 15.0 Å². The molecule has 2 aliphatic carbocycles. The number of rotatable bonds is 5. The van der Waals surface area contributed by atoms with Gasteiger partial charge in [0.2, 0.25) is 5.91 Å². The molecule has 2 aromatic rings. The van der Waals surface area contributed by atoms with Crippen LogP contribution in [0.15, 0.2) is 48.8 Å². The largest absolute Gasteiger partial charge is 0.490 e. The van der Waals surface area contributed by atoms with E-state index in [1.165, 1.54) is 24.0 Å². The van der Waals surface area contributed by atoms with Gasteiger partial charge in [0.15, 0.2) is 0 Å². The van der Waals surface area contributed by atoms with Gasteiger partial charge in [0, 0.05) is 44.0 Å². The van der Waals surface area contributed by atoms with Crippen LogP contribution in [0.2, 0.25) is 0 Å². The van der Waals surface area contributed by atoms with Crippen LogP contribution < -0.4 is 5.32 Å². The van der Waals surface area contributed by atoms with E-state index in [-0.39, 0.29) is 23.1 Å². The zero-order chi connectivity index (χ0) is 26.6. The second kappa shape index (κ2) is 10.9. The van der Waals surface area contributed by atoms with Crippen molar-refractivity contribution in [3.8, 4) is 0 Å². The van der Waals surface area contributed by atoms with Crippen molar-refractivity contribution in [3.05, 3.63) is 65.5 Å². The standard InChI is InChI=1S/C25H29N3O2.C2HF3O2/c29-23(27-17-18-5-6-18)15-20-16-25(22-4-2-1-3-21(20)22)9-13-28(14-10-25)24(30)19-7-11-26-12-8-19;3-2(4,5)1(6)7/h1-4,7-8,11-12,18,20H,5-6,9-10,13-17H2,(H,27,29);(H,6,7). The highest BCUT2D eigenvalue weighted by atomic mass is 19.4. The number of nitrogens with one attached hydrogen (secondary N) is 1. The molecule has 1 saturated carbocycles. The summed E-state index contributed by atoms with van der Waals surface area (Å²) < 4.78 is 31.7. The third-order valence-corrected chi connectivity index (χ3v) is 7.50. The first-order valence-corrected chi connectivity index (χ1v) is 12.4. The molecule has 0 radical (unpaired) electrons. The molecule has 2 amide bonds. The van der Waals surface area contributed by atoms with Crippen LogP contribution in [0, 0.1) is 5.92 Å². The lowest BCUT2D eigenvalue weighted by molar-refractivity contribution is -0.192. The minimum atomic E-state index is -5.08. The van der Waals surface area contributed by atoms with Gasteiger partial charge >= 0.3 is 12.1 Å². The lowest BCUT2D eigenvalue weighted by Gasteiger charge is -2.40. The lowest BCUT2D eigenvalue weighted by atomic mass is 9.73. The molecule has 1 aromatic carbocycles. The molecular formula is C27H30F3N3O4. The van der Waals surface area contributed by atoms with Crippen LogP contribution in [0.3, 0.4) is 0 Å². The Morgan fingerprint density at radius 2 is 1.68 bits per heavy atom. The molecule has 1 aliphatic heterocycles. The van der Waals surface area contributed by atoms with Crippen molar-refractivity contribution < 1.29 is 32.7 Å². The van der Waals surface area contributed by atoms with E-state index < -0.39 is 12.1 Å². The quantitative estimate of drug-likeness (QED) is 0.617. The number of carboxylic acid groups (broad SMARTS) is 1. The molecule has 2 fully saturated rings. The normalized spacial score (nSPS) is 20.0. The van der Waals surface area contributed by atoms with Gasteiger partial charge in [0.05, 0.1) is 0 Å². The Kier molecular flexibility index (Phi) is 7.85. The van der Waals surface area contributed by atoms with Crippen molar-refractivity contribution in [1.29, 1.82) is 0 Å². The molecule has 1 aromatic heterocycles. The van der Waals surface area contributed by atoms with Crippen molar-refractivity contribution in [2.45, 2.75) is 56.0 Å². The van der Waals surface area contributed by atoms with Gasteiger partial charge in [0.25, 0.3) is 5.91 Å². The fraction of sp³-hybridized carbons (Fsp3) is 0.481. The summed E-state index contributed by atoms with van der Waals surface area (Å²) in [6.45, 7) is 2.36. The number of benzene rings is 1. The molecule has 10 heteroatoms. The van der Waals surface area contributed by atoms with E-state index in [0.29, 0.717) is 17.9 Å². The van der Waals surface area contributed by atoms with Crippen LogP contribution in [0.4, 0.5) is 13.2 Å². The van der Waals surface area contributed by atoms with Crippen LogP contribution >= 0.6 is 0 Å². The molecule has 1 saturated heterocycles. The van der Waals surface area contributed by atoms with Crippen molar-refractivity contribution in [2.75, 3.05) is 19.6 Å². The SMILES string of the molecule is O=C(CC1CC2(CCN(C(=O)c3ccncc3)CC2)c2ccccc21)NCC1CC1.O=C(O)C(F)(F)F. The number of nitrogens with zero attached hydrogens (tertiary/aromatic N) is 2. The number of carbonyl (C=O) groups excluding carboxylic acids is 2. The maximum atomic E-state index is 12.8. The van der Waals surface area contributed by atoms with Gasteiger partial charge < -0.3 is 15.3 Å². The van der Waals surface area contributed by atoms with Gasteiger partial charge in [0.1, 0.15) is 0 Å². The van der Waals surface area contributed by atoms with Gasteiger partial charge in [-0.05, 0) is 72.6 Å². The number of fused-ring (bicyclic) bond motifs is 2. The van der Waals surface area contributed by atoms with E-state index in [9.17, 15) is 22.8 Å². The first-order chi connectivity index (χ1) is 17.6. The van der Waals surface area contributed by atoms with Gasteiger partial charge in [-0.25, -0.2) is 4.79 Å². The first-order valence-electron chi connectivity index (χ1n) is 12.4. The lowest BCUT2D eigenvalue weighted by Crippen LogP contribution is -2.44. The number of aromatic nitrogens is 1. The Labute approximate surface area is 213 Å². The Morgan fingerprint density at radius 3 is 2.27 bits per heavy atom. The fourth-order valence-electron chi connectivity index (χ4n) is 5.37. The Morgan fingerprint density at radius 1 is 1.05 bits per heavy atom. The van der Waals surface area contributed by atoms with Gasteiger partial charge in [-0.2, -0.15) is 13.2 Å². The second-order valence-corrected chi connectivity index (χ2v) is 10.1. The summed E-state index contributed by atoms with van der Waals surface area (Å²) in [5.74, 6) is -1.49. The average molecular weight is 518 g/mol. The molecule has 198 valence electrons. The number of carboxylic acids is 1. The number of halogens is 3. The molecule has 1 spiro atoms. The van der Waals surface area contributed by atoms with Crippen molar-refractivity contribution in [1.82, 2.24) is 15.2 Å². The van der Waals surface area contributed by atoms with Crippen LogP contribution in [0.25, 0.3) is 0 Å². The molecule has 7 nitrogen and oxygen atoms in total. The number of carbonyl (C=O) groups is 3. The maximum Gasteiger partial charge on any atom is 0.490 e. The third kappa shape index (κ3) is 6.47. The Bertz CT molecular complexity index is 1130. The van der Waals surface area contributed by atoms with E-state index in [4.69, 9.17) is 9.90 Å². The van der Waals surface area contributed by atoms with Crippen molar-refractivity contribution in [3.63, 3.8) is 0 Å².